The van der Waals surface area contributed by atoms with Crippen LogP contribution in [0.2, 0.25) is 5.02 Å². The third-order valence-electron chi connectivity index (χ3n) is 5.62. The number of rotatable bonds is 5. The molecule has 0 aromatic heterocycles. The Morgan fingerprint density at radius 1 is 1.43 bits per heavy atom. The highest BCUT2D eigenvalue weighted by Gasteiger charge is 2.59. The quantitative estimate of drug-likeness (QED) is 0.601. The van der Waals surface area contributed by atoms with Crippen molar-refractivity contribution in [3.63, 3.8) is 0 Å². The molecule has 1 aromatic carbocycles. The normalized spacial score (nSPS) is 26.6. The second-order valence-corrected chi connectivity index (χ2v) is 9.05. The first-order valence-electron chi connectivity index (χ1n) is 8.54. The Kier molecular flexibility index (Phi) is 6.70. The summed E-state index contributed by atoms with van der Waals surface area (Å²) in [6.45, 7) is 1.51. The molecule has 2 saturated heterocycles. The summed E-state index contributed by atoms with van der Waals surface area (Å²) in [5, 5.41) is 25.5. The number of carboxylic acid groups (broad SMARTS) is 2. The van der Waals surface area contributed by atoms with Crippen LogP contribution in [0.1, 0.15) is 43.0 Å². The predicted molar refractivity (Wildman–Crippen MR) is 97.3 cm³/mol. The van der Waals surface area contributed by atoms with Gasteiger partial charge in [-0.2, -0.15) is 4.31 Å². The number of halogens is 2. The summed E-state index contributed by atoms with van der Waals surface area (Å²) in [5.74, 6) is -2.50. The van der Waals surface area contributed by atoms with E-state index in [0.717, 1.165) is 12.1 Å². The van der Waals surface area contributed by atoms with E-state index in [2.05, 4.69) is 0 Å². The van der Waals surface area contributed by atoms with Crippen LogP contribution in [0.5, 0.6) is 0 Å². The van der Waals surface area contributed by atoms with Gasteiger partial charge in [0.05, 0.1) is 17.2 Å². The number of carbonyl (C=O) groups is 2. The van der Waals surface area contributed by atoms with E-state index in [0.29, 0.717) is 25.7 Å². The minimum atomic E-state index is -4.24. The molecule has 0 radical (unpaired) electrons. The Morgan fingerprint density at radius 3 is 2.50 bits per heavy atom. The van der Waals surface area contributed by atoms with Gasteiger partial charge in [0.15, 0.2) is 0 Å². The second kappa shape index (κ2) is 8.32. The van der Waals surface area contributed by atoms with E-state index in [4.69, 9.17) is 26.6 Å². The van der Waals surface area contributed by atoms with Gasteiger partial charge in [-0.15, -0.1) is 0 Å². The SMILES string of the molecule is CC[C@@]1(CO)C[C@@H]2CC[C@H]1N2S(=O)(=O)c1cc(C(=O)O)c(Cl)cc1F.O=CO. The lowest BCUT2D eigenvalue weighted by Gasteiger charge is -2.34. The minimum Gasteiger partial charge on any atom is -0.483 e. The molecule has 0 unspecified atom stereocenters. The number of benzene rings is 1. The molecule has 0 saturated carbocycles. The molecule has 11 heteroatoms. The van der Waals surface area contributed by atoms with Gasteiger partial charge < -0.3 is 15.3 Å². The standard InChI is InChI=1S/C16H19ClFNO5S.CH2O2/c1-2-16(8-20)7-9-3-4-14(16)19(9)25(23,24)13-5-10(15(21)22)11(17)6-12(13)18;2-1-3/h5-6,9,14,20H,2-4,7-8H2,1H3,(H,21,22);1H,(H,2,3)/t9-,14+,16-;/m0./s1. The Labute approximate surface area is 166 Å². The predicted octanol–water partition coefficient (Wildman–Crippen LogP) is 2.19. The molecule has 3 atom stereocenters. The summed E-state index contributed by atoms with van der Waals surface area (Å²) in [6.07, 6.45) is 2.37. The molecule has 3 N–H and O–H groups in total. The number of carboxylic acids is 1. The number of hydrogen-bond acceptors (Lipinski definition) is 5. The van der Waals surface area contributed by atoms with E-state index in [9.17, 15) is 22.7 Å². The van der Waals surface area contributed by atoms with Crippen molar-refractivity contribution < 1.29 is 37.7 Å². The average Bonchev–Trinajstić information content (AvgIpc) is 3.18. The van der Waals surface area contributed by atoms with Crippen molar-refractivity contribution >= 4 is 34.1 Å². The van der Waals surface area contributed by atoms with Crippen molar-refractivity contribution in [2.45, 2.75) is 49.6 Å². The molecular weight excluding hydrogens is 417 g/mol. The molecule has 2 heterocycles. The van der Waals surface area contributed by atoms with Crippen LogP contribution >= 0.6 is 11.6 Å². The van der Waals surface area contributed by atoms with E-state index < -0.39 is 43.7 Å². The van der Waals surface area contributed by atoms with Gasteiger partial charge in [0.1, 0.15) is 10.7 Å². The molecular formula is C17H21ClFNO7S. The first-order chi connectivity index (χ1) is 13.1. The molecule has 1 aromatic rings. The summed E-state index contributed by atoms with van der Waals surface area (Å²) in [7, 11) is -4.24. The van der Waals surface area contributed by atoms with Crippen LogP contribution in [0, 0.1) is 11.2 Å². The molecule has 2 aliphatic heterocycles. The third kappa shape index (κ3) is 3.61. The Hall–Kier alpha value is -1.75. The number of fused-ring (bicyclic) bond motifs is 2. The van der Waals surface area contributed by atoms with Crippen LogP contribution in [-0.4, -0.2) is 59.2 Å². The summed E-state index contributed by atoms with van der Waals surface area (Å²) >= 11 is 5.70. The zero-order valence-electron chi connectivity index (χ0n) is 15.0. The lowest BCUT2D eigenvalue weighted by molar-refractivity contribution is -0.122. The maximum absolute atomic E-state index is 14.3. The van der Waals surface area contributed by atoms with Gasteiger partial charge in [-0.05, 0) is 37.8 Å². The molecule has 2 bridgehead atoms. The monoisotopic (exact) mass is 437 g/mol. The maximum Gasteiger partial charge on any atom is 0.337 e. The number of hydrogen-bond donors (Lipinski definition) is 3. The lowest BCUT2D eigenvalue weighted by Crippen LogP contribution is -2.42. The van der Waals surface area contributed by atoms with Crippen molar-refractivity contribution in [1.82, 2.24) is 4.31 Å². The van der Waals surface area contributed by atoms with Gasteiger partial charge in [-0.1, -0.05) is 18.5 Å². The van der Waals surface area contributed by atoms with Crippen LogP contribution in [0.3, 0.4) is 0 Å². The number of sulfonamides is 1. The highest BCUT2D eigenvalue weighted by molar-refractivity contribution is 7.89. The fraction of sp³-hybridized carbons (Fsp3) is 0.529. The van der Waals surface area contributed by atoms with Crippen LogP contribution in [-0.2, 0) is 14.8 Å². The van der Waals surface area contributed by atoms with Gasteiger partial charge in [0, 0.05) is 17.5 Å². The van der Waals surface area contributed by atoms with E-state index in [1.54, 1.807) is 0 Å². The van der Waals surface area contributed by atoms with Gasteiger partial charge in [0.2, 0.25) is 10.0 Å². The lowest BCUT2D eigenvalue weighted by atomic mass is 9.72. The molecule has 28 heavy (non-hydrogen) atoms. The first kappa shape index (κ1) is 22.5. The molecule has 156 valence electrons. The Balaban J connectivity index is 0.000000878. The highest BCUT2D eigenvalue weighted by atomic mass is 35.5. The highest BCUT2D eigenvalue weighted by Crippen LogP contribution is 2.53. The first-order valence-corrected chi connectivity index (χ1v) is 10.4. The number of nitrogens with zero attached hydrogens (tertiary/aromatic N) is 1. The summed E-state index contributed by atoms with van der Waals surface area (Å²) in [4.78, 5) is 18.9. The van der Waals surface area contributed by atoms with Gasteiger partial charge in [-0.25, -0.2) is 17.6 Å². The van der Waals surface area contributed by atoms with Crippen molar-refractivity contribution in [2.24, 2.45) is 5.41 Å². The van der Waals surface area contributed by atoms with Crippen LogP contribution < -0.4 is 0 Å². The topological polar surface area (TPSA) is 132 Å². The Morgan fingerprint density at radius 2 is 2.04 bits per heavy atom. The van der Waals surface area contributed by atoms with Crippen molar-refractivity contribution in [1.29, 1.82) is 0 Å². The van der Waals surface area contributed by atoms with Crippen molar-refractivity contribution in [2.75, 3.05) is 6.61 Å². The summed E-state index contributed by atoms with van der Waals surface area (Å²) in [6, 6.07) is 0.764. The number of aliphatic hydroxyl groups is 1. The van der Waals surface area contributed by atoms with Gasteiger partial charge in [0.25, 0.3) is 6.47 Å². The smallest absolute Gasteiger partial charge is 0.337 e. The molecule has 0 spiro atoms. The summed E-state index contributed by atoms with van der Waals surface area (Å²) in [5.41, 5.74) is -0.994. The third-order valence-corrected chi connectivity index (χ3v) is 7.90. The Bertz CT molecular complexity index is 873. The van der Waals surface area contributed by atoms with E-state index in [1.807, 2.05) is 6.92 Å². The van der Waals surface area contributed by atoms with E-state index in [-0.39, 0.29) is 24.1 Å². The largest absolute Gasteiger partial charge is 0.483 e. The molecule has 3 rings (SSSR count). The zero-order valence-corrected chi connectivity index (χ0v) is 16.6. The van der Waals surface area contributed by atoms with Crippen LogP contribution in [0.15, 0.2) is 17.0 Å². The average molecular weight is 438 g/mol. The van der Waals surface area contributed by atoms with Gasteiger partial charge in [-0.3, -0.25) is 4.79 Å². The fourth-order valence-corrected chi connectivity index (χ4v) is 6.53. The molecule has 2 fully saturated rings. The summed E-state index contributed by atoms with van der Waals surface area (Å²) < 4.78 is 41.8. The van der Waals surface area contributed by atoms with E-state index in [1.165, 1.54) is 4.31 Å². The fourth-order valence-electron chi connectivity index (χ4n) is 4.26. The molecule has 0 amide bonds. The number of aliphatic hydroxyl groups excluding tert-OH is 1. The second-order valence-electron chi connectivity index (χ2n) is 6.83. The van der Waals surface area contributed by atoms with Crippen LogP contribution in [0.25, 0.3) is 0 Å². The van der Waals surface area contributed by atoms with Gasteiger partial charge >= 0.3 is 5.97 Å². The van der Waals surface area contributed by atoms with Crippen LogP contribution in [0.4, 0.5) is 4.39 Å². The van der Waals surface area contributed by atoms with Crippen molar-refractivity contribution in [3.8, 4) is 0 Å². The molecule has 0 aliphatic carbocycles. The minimum absolute atomic E-state index is 0.139. The zero-order chi connectivity index (χ0) is 21.3. The molecule has 8 nitrogen and oxygen atoms in total. The van der Waals surface area contributed by atoms with Crippen molar-refractivity contribution in [3.05, 3.63) is 28.5 Å². The number of aromatic carboxylic acids is 1. The maximum atomic E-state index is 14.3. The molecule has 2 aliphatic rings. The van der Waals surface area contributed by atoms with E-state index >= 15 is 0 Å².